The van der Waals surface area contributed by atoms with Gasteiger partial charge in [-0.05, 0) is 59.5 Å². The number of rotatable bonds is 10. The van der Waals surface area contributed by atoms with Crippen LogP contribution in [0.15, 0.2) is 25.3 Å². The van der Waals surface area contributed by atoms with Gasteiger partial charge in [0.2, 0.25) is 0 Å². The second-order valence-electron chi connectivity index (χ2n) is 4.84. The van der Waals surface area contributed by atoms with Crippen molar-refractivity contribution in [2.24, 2.45) is 0 Å². The highest BCUT2D eigenvalue weighted by atomic mass is 16.1. The molecular formula is C15H27NO. The van der Waals surface area contributed by atoms with E-state index in [0.717, 1.165) is 38.5 Å². The number of hydrogen-bond donors (Lipinski definition) is 0. The molecule has 98 valence electrons. The van der Waals surface area contributed by atoms with Gasteiger partial charge in [0.15, 0.2) is 0 Å². The zero-order valence-electron chi connectivity index (χ0n) is 11.7. The first-order valence-electron chi connectivity index (χ1n) is 6.41. The minimum absolute atomic E-state index is 0.274. The predicted molar refractivity (Wildman–Crippen MR) is 75.2 cm³/mol. The maximum atomic E-state index is 12.0. The normalized spacial score (nSPS) is 11.5. The Labute approximate surface area is 106 Å². The molecule has 0 amide bonds. The first-order valence-corrected chi connectivity index (χ1v) is 6.41. The molecule has 0 bridgehead atoms. The number of hydrogen-bond acceptors (Lipinski definition) is 2. The molecule has 0 rings (SSSR count). The number of nitrogens with zero attached hydrogens (tertiary/aromatic N) is 1. The number of likely N-dealkylation sites (N-methyl/N-ethyl adjacent to an activating group) is 1. The summed E-state index contributed by atoms with van der Waals surface area (Å²) < 4.78 is 0. The molecule has 0 aliphatic carbocycles. The average molecular weight is 237 g/mol. The number of allylic oxidation sites excluding steroid dienone is 2. The summed E-state index contributed by atoms with van der Waals surface area (Å²) in [5.74, 6) is 0.274. The maximum Gasteiger partial charge on any atom is 0.149 e. The molecule has 0 spiro atoms. The van der Waals surface area contributed by atoms with Crippen LogP contribution in [-0.4, -0.2) is 30.3 Å². The lowest BCUT2D eigenvalue weighted by atomic mass is 9.82. The molecule has 0 radical (unpaired) electrons. The van der Waals surface area contributed by atoms with Gasteiger partial charge in [0, 0.05) is 0 Å². The van der Waals surface area contributed by atoms with E-state index in [1.807, 2.05) is 26.2 Å². The smallest absolute Gasteiger partial charge is 0.149 e. The van der Waals surface area contributed by atoms with Crippen molar-refractivity contribution in [2.75, 3.05) is 14.1 Å². The van der Waals surface area contributed by atoms with Gasteiger partial charge in [-0.3, -0.25) is 9.69 Å². The summed E-state index contributed by atoms with van der Waals surface area (Å²) in [7, 11) is 4.01. The molecule has 0 aliphatic heterocycles. The van der Waals surface area contributed by atoms with Gasteiger partial charge < -0.3 is 0 Å². The van der Waals surface area contributed by atoms with E-state index in [-0.39, 0.29) is 11.3 Å². The Morgan fingerprint density at radius 3 is 1.76 bits per heavy atom. The second kappa shape index (κ2) is 8.24. The monoisotopic (exact) mass is 237 g/mol. The fourth-order valence-corrected chi connectivity index (χ4v) is 2.32. The van der Waals surface area contributed by atoms with Crippen molar-refractivity contribution in [3.8, 4) is 0 Å². The average Bonchev–Trinajstić information content (AvgIpc) is 2.26. The van der Waals surface area contributed by atoms with E-state index in [4.69, 9.17) is 0 Å². The summed E-state index contributed by atoms with van der Waals surface area (Å²) in [4.78, 5) is 14.1. The SMILES string of the molecule is C=CCCCC(CCCC=C)(C(C)=O)N(C)C. The Morgan fingerprint density at radius 2 is 1.53 bits per heavy atom. The summed E-state index contributed by atoms with van der Waals surface area (Å²) in [6, 6.07) is 0. The van der Waals surface area contributed by atoms with Gasteiger partial charge in [0.05, 0.1) is 5.54 Å². The number of Topliss-reactive ketones (excluding diaryl/α,β-unsaturated/α-hetero) is 1. The summed E-state index contributed by atoms with van der Waals surface area (Å²) in [6.45, 7) is 9.18. The van der Waals surface area contributed by atoms with Gasteiger partial charge in [-0.2, -0.15) is 0 Å². The molecule has 0 fully saturated rings. The summed E-state index contributed by atoms with van der Waals surface area (Å²) in [5.41, 5.74) is -0.300. The molecule has 0 aromatic heterocycles. The van der Waals surface area contributed by atoms with E-state index >= 15 is 0 Å². The van der Waals surface area contributed by atoms with Crippen LogP contribution in [0.25, 0.3) is 0 Å². The lowest BCUT2D eigenvalue weighted by Gasteiger charge is -2.38. The third-order valence-corrected chi connectivity index (χ3v) is 3.51. The van der Waals surface area contributed by atoms with Gasteiger partial charge >= 0.3 is 0 Å². The van der Waals surface area contributed by atoms with Crippen LogP contribution in [0.4, 0.5) is 0 Å². The van der Waals surface area contributed by atoms with Crippen LogP contribution in [0.1, 0.15) is 45.4 Å². The van der Waals surface area contributed by atoms with Gasteiger partial charge in [-0.25, -0.2) is 0 Å². The standard InChI is InChI=1S/C15H27NO/c1-6-8-10-12-15(14(3)17,16(4)5)13-11-9-7-2/h6-7H,1-2,8-13H2,3-5H3. The molecule has 2 nitrogen and oxygen atoms in total. The van der Waals surface area contributed by atoms with Crippen LogP contribution < -0.4 is 0 Å². The molecule has 0 saturated heterocycles. The highest BCUT2D eigenvalue weighted by Crippen LogP contribution is 2.28. The van der Waals surface area contributed by atoms with Crippen LogP contribution in [-0.2, 0) is 4.79 Å². The fraction of sp³-hybridized carbons (Fsp3) is 0.667. The highest BCUT2D eigenvalue weighted by Gasteiger charge is 2.36. The summed E-state index contributed by atoms with van der Waals surface area (Å²) in [5, 5.41) is 0. The molecular weight excluding hydrogens is 210 g/mol. The quantitative estimate of drug-likeness (QED) is 0.427. The van der Waals surface area contributed by atoms with E-state index in [1.165, 1.54) is 0 Å². The number of carbonyl (C=O) groups excluding carboxylic acids is 1. The van der Waals surface area contributed by atoms with Crippen LogP contribution in [0.3, 0.4) is 0 Å². The first-order chi connectivity index (χ1) is 8.01. The molecule has 2 heteroatoms. The Morgan fingerprint density at radius 1 is 1.12 bits per heavy atom. The Hall–Kier alpha value is -0.890. The highest BCUT2D eigenvalue weighted by molar-refractivity contribution is 5.86. The maximum absolute atomic E-state index is 12.0. The Kier molecular flexibility index (Phi) is 7.81. The van der Waals surface area contributed by atoms with Crippen molar-refractivity contribution in [3.63, 3.8) is 0 Å². The summed E-state index contributed by atoms with van der Waals surface area (Å²) >= 11 is 0. The molecule has 0 atom stereocenters. The van der Waals surface area contributed by atoms with E-state index in [9.17, 15) is 4.79 Å². The Bertz CT molecular complexity index is 242. The second-order valence-corrected chi connectivity index (χ2v) is 4.84. The molecule has 0 aromatic carbocycles. The minimum atomic E-state index is -0.300. The van der Waals surface area contributed by atoms with Gasteiger partial charge in [0.25, 0.3) is 0 Å². The van der Waals surface area contributed by atoms with Crippen molar-refractivity contribution in [1.29, 1.82) is 0 Å². The zero-order valence-corrected chi connectivity index (χ0v) is 11.7. The van der Waals surface area contributed by atoms with Crippen LogP contribution in [0.2, 0.25) is 0 Å². The number of ketones is 1. The van der Waals surface area contributed by atoms with E-state index < -0.39 is 0 Å². The third kappa shape index (κ3) is 4.86. The van der Waals surface area contributed by atoms with Crippen molar-refractivity contribution in [3.05, 3.63) is 25.3 Å². The predicted octanol–water partition coefficient (Wildman–Crippen LogP) is 3.59. The first kappa shape index (κ1) is 16.1. The lowest BCUT2D eigenvalue weighted by Crippen LogP contribution is -2.50. The van der Waals surface area contributed by atoms with E-state index in [1.54, 1.807) is 6.92 Å². The number of unbranched alkanes of at least 4 members (excludes halogenated alkanes) is 2. The van der Waals surface area contributed by atoms with Crippen LogP contribution in [0.5, 0.6) is 0 Å². The van der Waals surface area contributed by atoms with Crippen molar-refractivity contribution >= 4 is 5.78 Å². The lowest BCUT2D eigenvalue weighted by molar-refractivity contribution is -0.128. The van der Waals surface area contributed by atoms with Crippen molar-refractivity contribution < 1.29 is 4.79 Å². The molecule has 0 aliphatic rings. The van der Waals surface area contributed by atoms with E-state index in [0.29, 0.717) is 0 Å². The molecule has 0 aromatic rings. The van der Waals surface area contributed by atoms with Gasteiger partial charge in [-0.1, -0.05) is 12.2 Å². The largest absolute Gasteiger partial charge is 0.298 e. The molecule has 17 heavy (non-hydrogen) atoms. The zero-order chi connectivity index (χ0) is 13.3. The topological polar surface area (TPSA) is 20.3 Å². The molecule has 0 saturated carbocycles. The third-order valence-electron chi connectivity index (χ3n) is 3.51. The van der Waals surface area contributed by atoms with Crippen molar-refractivity contribution in [1.82, 2.24) is 4.90 Å². The van der Waals surface area contributed by atoms with Crippen LogP contribution in [0, 0.1) is 0 Å². The van der Waals surface area contributed by atoms with Gasteiger partial charge in [0.1, 0.15) is 5.78 Å². The van der Waals surface area contributed by atoms with E-state index in [2.05, 4.69) is 18.1 Å². The molecule has 0 N–H and O–H groups in total. The molecule has 0 heterocycles. The fourth-order valence-electron chi connectivity index (χ4n) is 2.32. The molecule has 0 unspecified atom stereocenters. The van der Waals surface area contributed by atoms with Gasteiger partial charge in [-0.15, -0.1) is 13.2 Å². The number of carbonyl (C=O) groups is 1. The van der Waals surface area contributed by atoms with Crippen LogP contribution >= 0.6 is 0 Å². The minimum Gasteiger partial charge on any atom is -0.298 e. The van der Waals surface area contributed by atoms with Crippen molar-refractivity contribution in [2.45, 2.75) is 51.0 Å². The Balaban J connectivity index is 4.66. The summed E-state index contributed by atoms with van der Waals surface area (Å²) in [6.07, 6.45) is 9.67.